The van der Waals surface area contributed by atoms with E-state index in [4.69, 9.17) is 0 Å². The second kappa shape index (κ2) is 4.90. The number of pyridine rings is 1. The van der Waals surface area contributed by atoms with Crippen LogP contribution in [0.1, 0.15) is 5.56 Å². The fourth-order valence-corrected chi connectivity index (χ4v) is 2.57. The second-order valence-corrected chi connectivity index (χ2v) is 5.05. The first-order valence-electron chi connectivity index (χ1n) is 6.89. The lowest BCUT2D eigenvalue weighted by atomic mass is 10.1. The van der Waals surface area contributed by atoms with E-state index in [1.54, 1.807) is 0 Å². The maximum Gasteiger partial charge on any atom is 0.0651 e. The average molecular weight is 274 g/mol. The predicted octanol–water partition coefficient (Wildman–Crippen LogP) is 3.72. The number of hydrogen-bond acceptors (Lipinski definition) is 3. The molecule has 4 rings (SSSR count). The van der Waals surface area contributed by atoms with Crippen LogP contribution in [0.3, 0.4) is 0 Å². The van der Waals surface area contributed by atoms with E-state index in [0.717, 1.165) is 23.1 Å². The van der Waals surface area contributed by atoms with E-state index in [2.05, 4.69) is 50.8 Å². The molecule has 2 heterocycles. The Morgan fingerprint density at radius 2 is 1.90 bits per heavy atom. The van der Waals surface area contributed by atoms with Gasteiger partial charge < -0.3 is 5.32 Å². The Balaban J connectivity index is 1.63. The molecule has 2 aromatic carbocycles. The number of fused-ring (bicyclic) bond motifs is 2. The van der Waals surface area contributed by atoms with Crippen LogP contribution in [0.15, 0.2) is 61.1 Å². The highest BCUT2D eigenvalue weighted by atomic mass is 15.1. The number of benzene rings is 2. The summed E-state index contributed by atoms with van der Waals surface area (Å²) in [4.78, 5) is 4.31. The molecule has 0 atom stereocenters. The third-order valence-corrected chi connectivity index (χ3v) is 3.67. The van der Waals surface area contributed by atoms with Gasteiger partial charge in [-0.05, 0) is 29.1 Å². The predicted molar refractivity (Wildman–Crippen MR) is 85.2 cm³/mol. The molecule has 21 heavy (non-hydrogen) atoms. The van der Waals surface area contributed by atoms with Crippen molar-refractivity contribution in [3.63, 3.8) is 0 Å². The summed E-state index contributed by atoms with van der Waals surface area (Å²) in [5.41, 5.74) is 3.32. The summed E-state index contributed by atoms with van der Waals surface area (Å²) < 4.78 is 0. The van der Waals surface area contributed by atoms with Gasteiger partial charge in [-0.2, -0.15) is 5.10 Å². The topological polar surface area (TPSA) is 53.6 Å². The van der Waals surface area contributed by atoms with Crippen molar-refractivity contribution in [2.45, 2.75) is 6.54 Å². The Hall–Kier alpha value is -2.88. The van der Waals surface area contributed by atoms with Gasteiger partial charge in [0.15, 0.2) is 0 Å². The SMILES string of the molecule is c1ccc2c(CNc3ccc4[nH]ncc4c3)cncc2c1. The third-order valence-electron chi connectivity index (χ3n) is 3.67. The van der Waals surface area contributed by atoms with Crippen molar-refractivity contribution in [1.82, 2.24) is 15.2 Å². The highest BCUT2D eigenvalue weighted by molar-refractivity contribution is 5.85. The van der Waals surface area contributed by atoms with Crippen molar-refractivity contribution in [3.8, 4) is 0 Å². The molecule has 0 saturated carbocycles. The van der Waals surface area contributed by atoms with Gasteiger partial charge in [0, 0.05) is 35.4 Å². The maximum atomic E-state index is 4.31. The number of aromatic nitrogens is 3. The molecule has 0 aliphatic rings. The first kappa shape index (κ1) is 11.9. The van der Waals surface area contributed by atoms with Crippen molar-refractivity contribution in [3.05, 3.63) is 66.6 Å². The van der Waals surface area contributed by atoms with E-state index >= 15 is 0 Å². The summed E-state index contributed by atoms with van der Waals surface area (Å²) in [6.45, 7) is 0.748. The monoisotopic (exact) mass is 274 g/mol. The summed E-state index contributed by atoms with van der Waals surface area (Å²) in [7, 11) is 0. The number of aromatic amines is 1. The van der Waals surface area contributed by atoms with E-state index in [1.807, 2.05) is 30.7 Å². The van der Waals surface area contributed by atoms with Crippen LogP contribution in [0.2, 0.25) is 0 Å². The smallest absolute Gasteiger partial charge is 0.0651 e. The number of anilines is 1. The van der Waals surface area contributed by atoms with Gasteiger partial charge in [0.2, 0.25) is 0 Å². The molecule has 4 heteroatoms. The lowest BCUT2D eigenvalue weighted by Crippen LogP contribution is -2.00. The molecule has 4 aromatic rings. The van der Waals surface area contributed by atoms with Crippen LogP contribution in [-0.4, -0.2) is 15.2 Å². The molecular formula is C17H14N4. The Kier molecular flexibility index (Phi) is 2.78. The summed E-state index contributed by atoms with van der Waals surface area (Å²) in [5, 5.41) is 14.0. The Labute approximate surface area is 121 Å². The molecule has 2 aromatic heterocycles. The summed E-state index contributed by atoms with van der Waals surface area (Å²) in [5.74, 6) is 0. The van der Waals surface area contributed by atoms with Crippen molar-refractivity contribution < 1.29 is 0 Å². The molecule has 0 spiro atoms. The normalized spacial score (nSPS) is 11.0. The van der Waals surface area contributed by atoms with E-state index in [-0.39, 0.29) is 0 Å². The number of nitrogens with zero attached hydrogens (tertiary/aromatic N) is 2. The second-order valence-electron chi connectivity index (χ2n) is 5.05. The molecule has 0 aliphatic carbocycles. The van der Waals surface area contributed by atoms with Crippen LogP contribution < -0.4 is 5.32 Å². The molecule has 0 bridgehead atoms. The van der Waals surface area contributed by atoms with E-state index in [0.29, 0.717) is 0 Å². The lowest BCUT2D eigenvalue weighted by molar-refractivity contribution is 1.12. The van der Waals surface area contributed by atoms with Crippen LogP contribution in [-0.2, 0) is 6.54 Å². The van der Waals surface area contributed by atoms with Crippen molar-refractivity contribution in [2.75, 3.05) is 5.32 Å². The van der Waals surface area contributed by atoms with Gasteiger partial charge >= 0.3 is 0 Å². The minimum Gasteiger partial charge on any atom is -0.381 e. The first-order chi connectivity index (χ1) is 10.4. The van der Waals surface area contributed by atoms with Gasteiger partial charge in [0.25, 0.3) is 0 Å². The highest BCUT2D eigenvalue weighted by Crippen LogP contribution is 2.20. The molecule has 0 amide bonds. The van der Waals surface area contributed by atoms with Crippen molar-refractivity contribution in [2.24, 2.45) is 0 Å². The third kappa shape index (κ3) is 2.21. The zero-order valence-electron chi connectivity index (χ0n) is 11.4. The minimum absolute atomic E-state index is 0.748. The zero-order chi connectivity index (χ0) is 14.1. The summed E-state index contributed by atoms with van der Waals surface area (Å²) in [6, 6.07) is 14.5. The molecule has 0 radical (unpaired) electrons. The molecule has 0 unspecified atom stereocenters. The van der Waals surface area contributed by atoms with E-state index in [9.17, 15) is 0 Å². The number of H-pyrrole nitrogens is 1. The standard InChI is InChI=1S/C17H14N4/c1-2-4-16-12(3-1)8-18-9-14(16)10-19-15-5-6-17-13(7-15)11-20-21-17/h1-9,11,19H,10H2,(H,20,21). The molecule has 102 valence electrons. The summed E-state index contributed by atoms with van der Waals surface area (Å²) in [6.07, 6.45) is 5.65. The minimum atomic E-state index is 0.748. The molecule has 4 nitrogen and oxygen atoms in total. The molecular weight excluding hydrogens is 260 g/mol. The zero-order valence-corrected chi connectivity index (χ0v) is 11.4. The Morgan fingerprint density at radius 1 is 0.952 bits per heavy atom. The van der Waals surface area contributed by atoms with Crippen molar-refractivity contribution >= 4 is 27.4 Å². The molecule has 0 saturated heterocycles. The van der Waals surface area contributed by atoms with E-state index in [1.165, 1.54) is 16.3 Å². The van der Waals surface area contributed by atoms with E-state index < -0.39 is 0 Å². The number of nitrogens with one attached hydrogen (secondary N) is 2. The van der Waals surface area contributed by atoms with Gasteiger partial charge in [-0.15, -0.1) is 0 Å². The number of hydrogen-bond donors (Lipinski definition) is 2. The van der Waals surface area contributed by atoms with Gasteiger partial charge in [-0.3, -0.25) is 10.1 Å². The van der Waals surface area contributed by atoms with Gasteiger partial charge in [0.1, 0.15) is 0 Å². The van der Waals surface area contributed by atoms with Crippen LogP contribution in [0.4, 0.5) is 5.69 Å². The summed E-state index contributed by atoms with van der Waals surface area (Å²) >= 11 is 0. The Bertz CT molecular complexity index is 905. The molecule has 0 fully saturated rings. The lowest BCUT2D eigenvalue weighted by Gasteiger charge is -2.09. The number of rotatable bonds is 3. The fourth-order valence-electron chi connectivity index (χ4n) is 2.57. The van der Waals surface area contributed by atoms with Crippen LogP contribution in [0, 0.1) is 0 Å². The molecule has 2 N–H and O–H groups in total. The first-order valence-corrected chi connectivity index (χ1v) is 6.89. The quantitative estimate of drug-likeness (QED) is 0.598. The molecule has 0 aliphatic heterocycles. The average Bonchev–Trinajstić information content (AvgIpc) is 3.00. The fraction of sp³-hybridized carbons (Fsp3) is 0.0588. The van der Waals surface area contributed by atoms with Crippen LogP contribution in [0.5, 0.6) is 0 Å². The van der Waals surface area contributed by atoms with Gasteiger partial charge in [0.05, 0.1) is 11.7 Å². The van der Waals surface area contributed by atoms with Gasteiger partial charge in [-0.1, -0.05) is 24.3 Å². The Morgan fingerprint density at radius 3 is 2.90 bits per heavy atom. The largest absolute Gasteiger partial charge is 0.381 e. The highest BCUT2D eigenvalue weighted by Gasteiger charge is 2.02. The van der Waals surface area contributed by atoms with Crippen molar-refractivity contribution in [1.29, 1.82) is 0 Å². The van der Waals surface area contributed by atoms with Crippen LogP contribution >= 0.6 is 0 Å². The van der Waals surface area contributed by atoms with Crippen LogP contribution in [0.25, 0.3) is 21.7 Å². The maximum absolute atomic E-state index is 4.31. The van der Waals surface area contributed by atoms with Gasteiger partial charge in [-0.25, -0.2) is 0 Å².